The number of benzene rings is 1. The van der Waals surface area contributed by atoms with Crippen molar-refractivity contribution in [3.8, 4) is 0 Å². The highest BCUT2D eigenvalue weighted by atomic mass is 19.2. The lowest BCUT2D eigenvalue weighted by Crippen LogP contribution is -2.46. The predicted molar refractivity (Wildman–Crippen MR) is 65.8 cm³/mol. The van der Waals surface area contributed by atoms with Gasteiger partial charge in [-0.2, -0.15) is 9.46 Å². The van der Waals surface area contributed by atoms with Crippen LogP contribution in [0.3, 0.4) is 0 Å². The summed E-state index contributed by atoms with van der Waals surface area (Å²) >= 11 is 0. The van der Waals surface area contributed by atoms with Gasteiger partial charge in [-0.3, -0.25) is 4.79 Å². The molecule has 7 heteroatoms. The van der Waals surface area contributed by atoms with E-state index in [1.54, 1.807) is 6.92 Å². The summed E-state index contributed by atoms with van der Waals surface area (Å²) in [6, 6.07) is 1.27. The first kappa shape index (κ1) is 14.1. The van der Waals surface area contributed by atoms with Crippen LogP contribution in [0.1, 0.15) is 35.9 Å². The average Bonchev–Trinajstić information content (AvgIpc) is 2.39. The van der Waals surface area contributed by atoms with Crippen LogP contribution in [0.4, 0.5) is 8.78 Å². The minimum atomic E-state index is -1.25. The van der Waals surface area contributed by atoms with Crippen molar-refractivity contribution >= 4 is 16.8 Å². The maximum absolute atomic E-state index is 13.2. The molecule has 0 aliphatic heterocycles. The quantitative estimate of drug-likeness (QED) is 0.488. The van der Waals surface area contributed by atoms with Gasteiger partial charge in [-0.1, -0.05) is 6.92 Å². The van der Waals surface area contributed by atoms with Gasteiger partial charge in [0.25, 0.3) is 16.7 Å². The Kier molecular flexibility index (Phi) is 3.52. The van der Waals surface area contributed by atoms with E-state index >= 15 is 0 Å². The van der Waals surface area contributed by atoms with Gasteiger partial charge in [0.1, 0.15) is 0 Å². The first-order valence-electron chi connectivity index (χ1n) is 6.06. The van der Waals surface area contributed by atoms with Gasteiger partial charge in [0, 0.05) is 13.3 Å². The van der Waals surface area contributed by atoms with Crippen LogP contribution in [0.2, 0.25) is 0 Å². The number of nitrogens with zero attached hydrogens (tertiary/aromatic N) is 2. The second-order valence-electron chi connectivity index (χ2n) is 4.45. The molecule has 1 aromatic carbocycles. The molecule has 1 heterocycles. The predicted octanol–water partition coefficient (Wildman–Crippen LogP) is 1.68. The Morgan fingerprint density at radius 2 is 1.65 bits per heavy atom. The lowest BCUT2D eigenvalue weighted by molar-refractivity contribution is -0.635. The first-order valence-corrected chi connectivity index (χ1v) is 6.06. The van der Waals surface area contributed by atoms with Crippen LogP contribution in [0.5, 0.6) is 0 Å². The lowest BCUT2D eigenvalue weighted by atomic mass is 10.1. The summed E-state index contributed by atoms with van der Waals surface area (Å²) in [6.07, 6.45) is 0.602. The molecule has 0 fully saturated rings. The SMILES string of the molecule is CCCC(=O)c1c(C)[n+]([O-])c2cc(F)c(F)cc2[n+]1[O-]. The number of hydrogen-bond donors (Lipinski definition) is 0. The van der Waals surface area contributed by atoms with Gasteiger partial charge in [0.05, 0.1) is 12.1 Å². The molecule has 0 saturated heterocycles. The number of halogens is 2. The summed E-state index contributed by atoms with van der Waals surface area (Å²) in [6.45, 7) is 3.05. The molecule has 20 heavy (non-hydrogen) atoms. The molecule has 0 spiro atoms. The highest BCUT2D eigenvalue weighted by molar-refractivity contribution is 5.94. The fourth-order valence-electron chi connectivity index (χ4n) is 2.06. The molecule has 2 rings (SSSR count). The number of fused-ring (bicyclic) bond motifs is 1. The van der Waals surface area contributed by atoms with E-state index < -0.39 is 17.4 Å². The zero-order valence-corrected chi connectivity index (χ0v) is 10.9. The minimum absolute atomic E-state index is 0.0955. The number of rotatable bonds is 3. The molecular weight excluding hydrogens is 270 g/mol. The normalized spacial score (nSPS) is 11.0. The third-order valence-corrected chi connectivity index (χ3v) is 3.05. The molecule has 0 unspecified atom stereocenters. The lowest BCUT2D eigenvalue weighted by Gasteiger charge is -2.10. The Balaban J connectivity index is 2.85. The molecule has 0 amide bonds. The van der Waals surface area contributed by atoms with Crippen molar-refractivity contribution in [2.24, 2.45) is 0 Å². The van der Waals surface area contributed by atoms with E-state index in [9.17, 15) is 24.0 Å². The standard InChI is InChI=1S/C13H12F2N2O3/c1-3-4-12(18)13-7(2)16(19)10-5-8(14)9(15)6-11(10)17(13)20/h5-6H,3-4H2,1-2H3. The monoisotopic (exact) mass is 282 g/mol. The number of hydrogen-bond acceptors (Lipinski definition) is 3. The Labute approximate surface area is 113 Å². The molecule has 0 radical (unpaired) electrons. The topological polar surface area (TPSA) is 71.0 Å². The van der Waals surface area contributed by atoms with E-state index in [1.807, 2.05) is 0 Å². The summed E-state index contributed by atoms with van der Waals surface area (Å²) in [5, 5.41) is 24.1. The van der Waals surface area contributed by atoms with Crippen molar-refractivity contribution in [3.63, 3.8) is 0 Å². The second-order valence-corrected chi connectivity index (χ2v) is 4.45. The van der Waals surface area contributed by atoms with Gasteiger partial charge in [0.15, 0.2) is 11.6 Å². The molecule has 0 aliphatic carbocycles. The number of aromatic nitrogens is 2. The largest absolute Gasteiger partial charge is 0.618 e. The van der Waals surface area contributed by atoms with Crippen LogP contribution < -0.4 is 9.46 Å². The molecular formula is C13H12F2N2O3. The maximum Gasteiger partial charge on any atom is 0.328 e. The van der Waals surface area contributed by atoms with Gasteiger partial charge in [0.2, 0.25) is 5.78 Å². The van der Waals surface area contributed by atoms with Crippen molar-refractivity contribution in [1.82, 2.24) is 0 Å². The summed E-state index contributed by atoms with van der Waals surface area (Å²) in [5.41, 5.74) is -1.15. The molecule has 2 aromatic rings. The molecule has 1 aromatic heterocycles. The smallest absolute Gasteiger partial charge is 0.328 e. The zero-order chi connectivity index (χ0) is 15.0. The fourth-order valence-corrected chi connectivity index (χ4v) is 2.06. The van der Waals surface area contributed by atoms with E-state index in [0.717, 1.165) is 0 Å². The summed E-state index contributed by atoms with van der Waals surface area (Å²) in [4.78, 5) is 11.9. The number of Topliss-reactive ketones (excluding diaryl/α,β-unsaturated/α-hetero) is 1. The first-order chi connectivity index (χ1) is 9.38. The van der Waals surface area contributed by atoms with Crippen LogP contribution in [0, 0.1) is 29.0 Å². The van der Waals surface area contributed by atoms with Crippen LogP contribution in [-0.4, -0.2) is 5.78 Å². The van der Waals surface area contributed by atoms with E-state index in [4.69, 9.17) is 0 Å². The summed E-state index contributed by atoms with van der Waals surface area (Å²) < 4.78 is 26.9. The van der Waals surface area contributed by atoms with Crippen molar-refractivity contribution in [3.05, 3.63) is 45.6 Å². The maximum atomic E-state index is 13.2. The highest BCUT2D eigenvalue weighted by Gasteiger charge is 2.31. The number of carbonyl (C=O) groups is 1. The Bertz CT molecular complexity index is 717. The molecule has 106 valence electrons. The van der Waals surface area contributed by atoms with E-state index in [0.29, 0.717) is 18.6 Å². The summed E-state index contributed by atoms with van der Waals surface area (Å²) in [7, 11) is 0. The van der Waals surface area contributed by atoms with Crippen molar-refractivity contribution < 1.29 is 23.0 Å². The van der Waals surface area contributed by atoms with Crippen molar-refractivity contribution in [2.75, 3.05) is 0 Å². The highest BCUT2D eigenvalue weighted by Crippen LogP contribution is 2.15. The average molecular weight is 282 g/mol. The van der Waals surface area contributed by atoms with Crippen LogP contribution in [-0.2, 0) is 0 Å². The zero-order valence-electron chi connectivity index (χ0n) is 10.9. The van der Waals surface area contributed by atoms with E-state index in [1.165, 1.54) is 6.92 Å². The third-order valence-electron chi connectivity index (χ3n) is 3.05. The second kappa shape index (κ2) is 4.99. The van der Waals surface area contributed by atoms with E-state index in [-0.39, 0.29) is 38.3 Å². The molecule has 5 nitrogen and oxygen atoms in total. The number of ketones is 1. The van der Waals surface area contributed by atoms with Crippen molar-refractivity contribution in [1.29, 1.82) is 0 Å². The Morgan fingerprint density at radius 3 is 2.15 bits per heavy atom. The summed E-state index contributed by atoms with van der Waals surface area (Å²) in [5.74, 6) is -2.98. The van der Waals surface area contributed by atoms with Gasteiger partial charge < -0.3 is 10.4 Å². The Morgan fingerprint density at radius 1 is 1.15 bits per heavy atom. The third kappa shape index (κ3) is 2.04. The van der Waals surface area contributed by atoms with Crippen LogP contribution in [0.25, 0.3) is 11.0 Å². The fraction of sp³-hybridized carbons (Fsp3) is 0.308. The van der Waals surface area contributed by atoms with Crippen LogP contribution >= 0.6 is 0 Å². The Hall–Kier alpha value is -2.31. The van der Waals surface area contributed by atoms with Gasteiger partial charge in [-0.15, -0.1) is 0 Å². The van der Waals surface area contributed by atoms with Gasteiger partial charge in [-0.05, 0) is 6.42 Å². The molecule has 0 bridgehead atoms. The molecule has 0 atom stereocenters. The van der Waals surface area contributed by atoms with Crippen molar-refractivity contribution in [2.45, 2.75) is 26.7 Å². The van der Waals surface area contributed by atoms with Gasteiger partial charge in [-0.25, -0.2) is 8.78 Å². The minimum Gasteiger partial charge on any atom is -0.618 e. The molecule has 0 N–H and O–H groups in total. The van der Waals surface area contributed by atoms with E-state index in [2.05, 4.69) is 0 Å². The van der Waals surface area contributed by atoms with Gasteiger partial charge >= 0.3 is 5.69 Å². The number of carbonyl (C=O) groups excluding carboxylic acids is 1. The van der Waals surface area contributed by atoms with Crippen LogP contribution in [0.15, 0.2) is 12.1 Å². The molecule has 0 saturated carbocycles. The molecule has 0 aliphatic rings.